The molecular weight excluding hydrogens is 264 g/mol. The largest absolute Gasteiger partial charge is 0.0955 e. The van der Waals surface area contributed by atoms with Crippen molar-refractivity contribution in [3.8, 4) is 0 Å². The van der Waals surface area contributed by atoms with Crippen molar-refractivity contribution in [2.75, 3.05) is 0 Å². The first-order chi connectivity index (χ1) is 9.31. The molecule has 1 heteroatoms. The van der Waals surface area contributed by atoms with E-state index < -0.39 is 0 Å². The Hall–Kier alpha value is -1.79. The minimum absolute atomic E-state index is 0.745. The van der Waals surface area contributed by atoms with Crippen LogP contribution in [-0.2, 0) is 6.42 Å². The summed E-state index contributed by atoms with van der Waals surface area (Å²) in [4.78, 5) is 0. The van der Waals surface area contributed by atoms with E-state index in [0.29, 0.717) is 0 Å². The third-order valence-electron chi connectivity index (χ3n) is 3.20. The number of hydrogen-bond acceptors (Lipinski definition) is 0. The summed E-state index contributed by atoms with van der Waals surface area (Å²) in [6, 6.07) is 5.90. The Morgan fingerprint density at radius 1 is 1.10 bits per heavy atom. The monoisotopic (exact) mass is 284 g/mol. The minimum atomic E-state index is 0.745. The van der Waals surface area contributed by atoms with Crippen LogP contribution in [0.1, 0.15) is 18.1 Å². The summed E-state index contributed by atoms with van der Waals surface area (Å²) in [5, 5.41) is 0.746. The van der Waals surface area contributed by atoms with Gasteiger partial charge in [-0.15, -0.1) is 0 Å². The molecule has 0 aromatic heterocycles. The molecule has 0 atom stereocenters. The molecule has 0 heterocycles. The van der Waals surface area contributed by atoms with Crippen molar-refractivity contribution in [3.05, 3.63) is 95.1 Å². The Morgan fingerprint density at radius 3 is 2.30 bits per heavy atom. The van der Waals surface area contributed by atoms with Crippen LogP contribution >= 0.6 is 11.6 Å². The minimum Gasteiger partial charge on any atom is -0.0955 e. The summed E-state index contributed by atoms with van der Waals surface area (Å²) >= 11 is 6.03. The Labute approximate surface area is 127 Å². The number of halogens is 1. The van der Waals surface area contributed by atoms with Crippen molar-refractivity contribution in [2.45, 2.75) is 20.3 Å². The SMILES string of the molecule is C=C(C)C(=C)/C=C\C(=C)C(=C)Cc1cc(Cl)ccc1C. The second-order valence-corrected chi connectivity index (χ2v) is 5.45. The van der Waals surface area contributed by atoms with Crippen LogP contribution in [0.4, 0.5) is 0 Å². The van der Waals surface area contributed by atoms with Gasteiger partial charge in [0.15, 0.2) is 0 Å². The van der Waals surface area contributed by atoms with E-state index in [9.17, 15) is 0 Å². The lowest BCUT2D eigenvalue weighted by molar-refractivity contribution is 1.15. The van der Waals surface area contributed by atoms with Crippen LogP contribution in [0.15, 0.2) is 79.0 Å². The van der Waals surface area contributed by atoms with Crippen molar-refractivity contribution in [2.24, 2.45) is 0 Å². The lowest BCUT2D eigenvalue weighted by Gasteiger charge is -2.09. The number of hydrogen-bond donors (Lipinski definition) is 0. The highest BCUT2D eigenvalue weighted by Gasteiger charge is 2.04. The van der Waals surface area contributed by atoms with Crippen LogP contribution < -0.4 is 0 Å². The summed E-state index contributed by atoms with van der Waals surface area (Å²) < 4.78 is 0. The topological polar surface area (TPSA) is 0 Å². The first-order valence-corrected chi connectivity index (χ1v) is 6.84. The van der Waals surface area contributed by atoms with Gasteiger partial charge in [0, 0.05) is 5.02 Å². The molecular formula is C19H21Cl. The molecule has 1 aromatic carbocycles. The Kier molecular flexibility index (Phi) is 5.79. The highest BCUT2D eigenvalue weighted by molar-refractivity contribution is 6.30. The zero-order valence-corrected chi connectivity index (χ0v) is 13.1. The Morgan fingerprint density at radius 2 is 1.70 bits per heavy atom. The first-order valence-electron chi connectivity index (χ1n) is 6.46. The predicted molar refractivity (Wildman–Crippen MR) is 91.3 cm³/mol. The van der Waals surface area contributed by atoms with Gasteiger partial charge in [-0.05, 0) is 60.2 Å². The van der Waals surface area contributed by atoms with E-state index >= 15 is 0 Å². The molecule has 0 amide bonds. The van der Waals surface area contributed by atoms with Gasteiger partial charge in [-0.3, -0.25) is 0 Å². The number of allylic oxidation sites excluding steroid dienone is 6. The van der Waals surface area contributed by atoms with Gasteiger partial charge >= 0.3 is 0 Å². The fraction of sp³-hybridized carbons (Fsp3) is 0.158. The number of aryl methyl sites for hydroxylation is 1. The quantitative estimate of drug-likeness (QED) is 0.563. The zero-order valence-electron chi connectivity index (χ0n) is 12.3. The normalized spacial score (nSPS) is 10.6. The molecule has 0 aliphatic heterocycles. The number of rotatable bonds is 6. The third kappa shape index (κ3) is 4.71. The van der Waals surface area contributed by atoms with E-state index in [2.05, 4.69) is 33.2 Å². The predicted octanol–water partition coefficient (Wildman–Crippen LogP) is 5.99. The van der Waals surface area contributed by atoms with E-state index in [4.69, 9.17) is 11.6 Å². The second-order valence-electron chi connectivity index (χ2n) is 5.02. The van der Waals surface area contributed by atoms with E-state index in [1.54, 1.807) is 0 Å². The first kappa shape index (κ1) is 16.3. The van der Waals surface area contributed by atoms with Gasteiger partial charge < -0.3 is 0 Å². The van der Waals surface area contributed by atoms with E-state index in [1.165, 1.54) is 11.1 Å². The highest BCUT2D eigenvalue weighted by atomic mass is 35.5. The molecule has 0 unspecified atom stereocenters. The van der Waals surface area contributed by atoms with Gasteiger partial charge in [-0.2, -0.15) is 0 Å². The van der Waals surface area contributed by atoms with E-state index in [-0.39, 0.29) is 0 Å². The Balaban J connectivity index is 2.76. The molecule has 20 heavy (non-hydrogen) atoms. The van der Waals surface area contributed by atoms with Crippen LogP contribution in [0, 0.1) is 6.92 Å². The van der Waals surface area contributed by atoms with Crippen LogP contribution in [0.2, 0.25) is 5.02 Å². The fourth-order valence-corrected chi connectivity index (χ4v) is 1.83. The fourth-order valence-electron chi connectivity index (χ4n) is 1.64. The third-order valence-corrected chi connectivity index (χ3v) is 3.44. The summed E-state index contributed by atoms with van der Waals surface area (Å²) in [5.41, 5.74) is 6.10. The summed E-state index contributed by atoms with van der Waals surface area (Å²) in [6.07, 6.45) is 4.59. The van der Waals surface area contributed by atoms with Gasteiger partial charge in [0.05, 0.1) is 0 Å². The molecule has 0 aliphatic rings. The number of benzene rings is 1. The molecule has 0 saturated carbocycles. The molecule has 0 spiro atoms. The van der Waals surface area contributed by atoms with Crippen molar-refractivity contribution in [1.29, 1.82) is 0 Å². The van der Waals surface area contributed by atoms with E-state index in [1.807, 2.05) is 37.3 Å². The maximum Gasteiger partial charge on any atom is 0.0409 e. The van der Waals surface area contributed by atoms with Gasteiger partial charge in [0.1, 0.15) is 0 Å². The van der Waals surface area contributed by atoms with Crippen LogP contribution in [-0.4, -0.2) is 0 Å². The molecule has 0 bridgehead atoms. The maximum atomic E-state index is 6.03. The lowest BCUT2D eigenvalue weighted by Crippen LogP contribution is -1.94. The molecule has 0 radical (unpaired) electrons. The molecule has 0 aliphatic carbocycles. The molecule has 0 N–H and O–H groups in total. The van der Waals surface area contributed by atoms with Crippen molar-refractivity contribution in [3.63, 3.8) is 0 Å². The second kappa shape index (κ2) is 7.12. The van der Waals surface area contributed by atoms with Gasteiger partial charge in [-0.1, -0.05) is 61.7 Å². The van der Waals surface area contributed by atoms with Crippen LogP contribution in [0.3, 0.4) is 0 Å². The van der Waals surface area contributed by atoms with Crippen LogP contribution in [0.5, 0.6) is 0 Å². The van der Waals surface area contributed by atoms with Crippen molar-refractivity contribution in [1.82, 2.24) is 0 Å². The Bertz CT molecular complexity index is 600. The maximum absolute atomic E-state index is 6.03. The zero-order chi connectivity index (χ0) is 15.3. The van der Waals surface area contributed by atoms with Crippen molar-refractivity contribution < 1.29 is 0 Å². The van der Waals surface area contributed by atoms with Gasteiger partial charge in [0.25, 0.3) is 0 Å². The smallest absolute Gasteiger partial charge is 0.0409 e. The standard InChI is InChI=1S/C19H21Cl/c1-13(2)14(3)7-8-15(4)17(6)11-18-12-19(20)10-9-16(18)5/h7-10,12H,1,3-4,6,11H2,2,5H3/b8-7-. The average molecular weight is 285 g/mol. The summed E-state index contributed by atoms with van der Waals surface area (Å²) in [6.45, 7) is 19.9. The molecule has 0 saturated heterocycles. The van der Waals surface area contributed by atoms with Crippen molar-refractivity contribution >= 4 is 11.6 Å². The highest BCUT2D eigenvalue weighted by Crippen LogP contribution is 2.21. The summed E-state index contributed by atoms with van der Waals surface area (Å²) in [5.74, 6) is 0. The van der Waals surface area contributed by atoms with E-state index in [0.717, 1.165) is 33.7 Å². The molecule has 1 aromatic rings. The van der Waals surface area contributed by atoms with Crippen LogP contribution in [0.25, 0.3) is 0 Å². The molecule has 0 fully saturated rings. The average Bonchev–Trinajstić information content (AvgIpc) is 2.39. The molecule has 0 nitrogen and oxygen atoms in total. The lowest BCUT2D eigenvalue weighted by atomic mass is 9.97. The summed E-state index contributed by atoms with van der Waals surface area (Å²) in [7, 11) is 0. The molecule has 104 valence electrons. The molecule has 1 rings (SSSR count). The van der Waals surface area contributed by atoms with Gasteiger partial charge in [0.2, 0.25) is 0 Å². The van der Waals surface area contributed by atoms with Gasteiger partial charge in [-0.25, -0.2) is 0 Å².